The molecule has 0 atom stereocenters. The fourth-order valence-corrected chi connectivity index (χ4v) is 2.57. The van der Waals surface area contributed by atoms with Crippen LogP contribution in [0, 0.1) is 5.82 Å². The van der Waals surface area contributed by atoms with E-state index in [-0.39, 0.29) is 5.82 Å². The molecule has 0 amide bonds. The molecule has 1 N–H and O–H groups in total. The van der Waals surface area contributed by atoms with E-state index in [1.807, 2.05) is 6.07 Å². The van der Waals surface area contributed by atoms with Gasteiger partial charge in [-0.25, -0.2) is 4.39 Å². The average Bonchev–Trinajstić information content (AvgIpc) is 2.40. The summed E-state index contributed by atoms with van der Waals surface area (Å²) in [5.41, 5.74) is 1.08. The summed E-state index contributed by atoms with van der Waals surface area (Å²) in [6.45, 7) is 6.73. The Morgan fingerprint density at radius 2 is 2.11 bits per heavy atom. The van der Waals surface area contributed by atoms with E-state index in [4.69, 9.17) is 0 Å². The number of rotatable bonds is 5. The van der Waals surface area contributed by atoms with Crippen molar-refractivity contribution in [3.8, 4) is 0 Å². The van der Waals surface area contributed by atoms with Gasteiger partial charge in [0.25, 0.3) is 0 Å². The smallest absolute Gasteiger partial charge is 0.123 e. The zero-order valence-corrected chi connectivity index (χ0v) is 11.2. The first-order chi connectivity index (χ1) is 8.78. The monoisotopic (exact) mass is 250 g/mol. The lowest BCUT2D eigenvalue weighted by molar-refractivity contribution is 0.207. The lowest BCUT2D eigenvalue weighted by Crippen LogP contribution is -2.42. The first kappa shape index (κ1) is 13.5. The molecule has 0 bridgehead atoms. The van der Waals surface area contributed by atoms with Gasteiger partial charge in [-0.2, -0.15) is 0 Å². The normalized spacial score (nSPS) is 18.1. The molecule has 0 spiro atoms. The predicted octanol–water partition coefficient (Wildman–Crippen LogP) is 2.44. The van der Waals surface area contributed by atoms with Crippen LogP contribution < -0.4 is 5.32 Å². The van der Waals surface area contributed by atoms with Gasteiger partial charge in [0.05, 0.1) is 0 Å². The van der Waals surface area contributed by atoms with Gasteiger partial charge in [0.1, 0.15) is 5.82 Å². The minimum absolute atomic E-state index is 0.135. The third-order valence-electron chi connectivity index (χ3n) is 3.77. The van der Waals surface area contributed by atoms with Crippen molar-refractivity contribution in [3.05, 3.63) is 35.6 Å². The van der Waals surface area contributed by atoms with Crippen molar-refractivity contribution in [2.45, 2.75) is 32.2 Å². The average molecular weight is 250 g/mol. The van der Waals surface area contributed by atoms with Gasteiger partial charge in [-0.3, -0.25) is 0 Å². The first-order valence-electron chi connectivity index (χ1n) is 6.98. The van der Waals surface area contributed by atoms with Crippen LogP contribution in [-0.4, -0.2) is 37.1 Å². The van der Waals surface area contributed by atoms with Crippen LogP contribution in [0.4, 0.5) is 4.39 Å². The van der Waals surface area contributed by atoms with Gasteiger partial charge >= 0.3 is 0 Å². The highest BCUT2D eigenvalue weighted by molar-refractivity contribution is 5.16. The van der Waals surface area contributed by atoms with Gasteiger partial charge in [-0.15, -0.1) is 0 Å². The zero-order valence-electron chi connectivity index (χ0n) is 11.2. The number of halogens is 1. The Morgan fingerprint density at radius 1 is 1.33 bits per heavy atom. The number of nitrogens with zero attached hydrogens (tertiary/aromatic N) is 1. The summed E-state index contributed by atoms with van der Waals surface area (Å²) in [7, 11) is 0. The van der Waals surface area contributed by atoms with Crippen LogP contribution in [0.5, 0.6) is 0 Å². The Balaban J connectivity index is 1.67. The summed E-state index contributed by atoms with van der Waals surface area (Å²) in [6, 6.07) is 7.54. The molecule has 0 radical (unpaired) electrons. The van der Waals surface area contributed by atoms with E-state index in [1.54, 1.807) is 12.1 Å². The van der Waals surface area contributed by atoms with Gasteiger partial charge in [-0.1, -0.05) is 19.1 Å². The van der Waals surface area contributed by atoms with Crippen LogP contribution in [0.1, 0.15) is 25.3 Å². The maximum absolute atomic E-state index is 13.0. The molecular weight excluding hydrogens is 227 g/mol. The minimum atomic E-state index is -0.135. The molecular formula is C15H23FN2. The number of hydrogen-bond donors (Lipinski definition) is 1. The van der Waals surface area contributed by atoms with Gasteiger partial charge < -0.3 is 10.2 Å². The molecule has 0 unspecified atom stereocenters. The molecule has 1 aromatic rings. The highest BCUT2D eigenvalue weighted by atomic mass is 19.1. The molecule has 1 aliphatic heterocycles. The van der Waals surface area contributed by atoms with Crippen LogP contribution in [0.25, 0.3) is 0 Å². The highest BCUT2D eigenvalue weighted by Gasteiger charge is 2.16. The van der Waals surface area contributed by atoms with E-state index in [0.29, 0.717) is 6.04 Å². The molecule has 0 aromatic heterocycles. The van der Waals surface area contributed by atoms with Crippen LogP contribution >= 0.6 is 0 Å². The Kier molecular flexibility index (Phi) is 5.14. The van der Waals surface area contributed by atoms with Gasteiger partial charge in [0.2, 0.25) is 0 Å². The van der Waals surface area contributed by atoms with Crippen molar-refractivity contribution in [2.24, 2.45) is 0 Å². The van der Waals surface area contributed by atoms with Gasteiger partial charge in [0, 0.05) is 6.04 Å². The summed E-state index contributed by atoms with van der Waals surface area (Å²) in [5.74, 6) is -0.135. The summed E-state index contributed by atoms with van der Waals surface area (Å²) in [4.78, 5) is 2.49. The molecule has 3 heteroatoms. The van der Waals surface area contributed by atoms with Crippen molar-refractivity contribution in [1.29, 1.82) is 0 Å². The van der Waals surface area contributed by atoms with Crippen molar-refractivity contribution in [3.63, 3.8) is 0 Å². The third kappa shape index (κ3) is 4.07. The summed E-state index contributed by atoms with van der Waals surface area (Å²) < 4.78 is 13.0. The maximum Gasteiger partial charge on any atom is 0.123 e. The highest BCUT2D eigenvalue weighted by Crippen LogP contribution is 2.10. The van der Waals surface area contributed by atoms with Crippen molar-refractivity contribution in [2.75, 3.05) is 26.2 Å². The van der Waals surface area contributed by atoms with Crippen molar-refractivity contribution >= 4 is 0 Å². The Morgan fingerprint density at radius 3 is 2.78 bits per heavy atom. The number of hydrogen-bond acceptors (Lipinski definition) is 2. The standard InChI is InChI=1S/C15H23FN2/c1-2-18-10-7-15(8-11-18)17-9-6-13-4-3-5-14(16)12-13/h3-5,12,15,17H,2,6-11H2,1H3. The number of likely N-dealkylation sites (tertiary alicyclic amines) is 1. The quantitative estimate of drug-likeness (QED) is 0.863. The number of piperidine rings is 1. The van der Waals surface area contributed by atoms with E-state index < -0.39 is 0 Å². The van der Waals surface area contributed by atoms with E-state index in [1.165, 1.54) is 32.0 Å². The molecule has 1 saturated heterocycles. The molecule has 18 heavy (non-hydrogen) atoms. The molecule has 1 fully saturated rings. The predicted molar refractivity (Wildman–Crippen MR) is 73.2 cm³/mol. The first-order valence-corrected chi connectivity index (χ1v) is 6.98. The zero-order chi connectivity index (χ0) is 12.8. The Bertz CT molecular complexity index is 359. The van der Waals surface area contributed by atoms with Crippen molar-refractivity contribution in [1.82, 2.24) is 10.2 Å². The van der Waals surface area contributed by atoms with E-state index in [9.17, 15) is 4.39 Å². The van der Waals surface area contributed by atoms with E-state index in [2.05, 4.69) is 17.1 Å². The minimum Gasteiger partial charge on any atom is -0.314 e. The molecule has 2 nitrogen and oxygen atoms in total. The summed E-state index contributed by atoms with van der Waals surface area (Å²) in [5, 5.41) is 3.59. The number of nitrogens with one attached hydrogen (secondary N) is 1. The second-order valence-electron chi connectivity index (χ2n) is 5.04. The number of benzene rings is 1. The summed E-state index contributed by atoms with van der Waals surface area (Å²) >= 11 is 0. The Hall–Kier alpha value is -0.930. The molecule has 2 rings (SSSR count). The van der Waals surface area contributed by atoms with Crippen LogP contribution in [0.3, 0.4) is 0 Å². The molecule has 1 heterocycles. The van der Waals surface area contributed by atoms with Crippen LogP contribution in [0.15, 0.2) is 24.3 Å². The summed E-state index contributed by atoms with van der Waals surface area (Å²) in [6.07, 6.45) is 3.37. The van der Waals surface area contributed by atoms with Gasteiger partial charge in [0.15, 0.2) is 0 Å². The largest absolute Gasteiger partial charge is 0.314 e. The Labute approximate surface area is 109 Å². The fourth-order valence-electron chi connectivity index (χ4n) is 2.57. The van der Waals surface area contributed by atoms with E-state index in [0.717, 1.165) is 25.1 Å². The fraction of sp³-hybridized carbons (Fsp3) is 0.600. The SMILES string of the molecule is CCN1CCC(NCCc2cccc(F)c2)CC1. The second-order valence-corrected chi connectivity index (χ2v) is 5.04. The topological polar surface area (TPSA) is 15.3 Å². The maximum atomic E-state index is 13.0. The molecule has 0 aliphatic carbocycles. The second kappa shape index (κ2) is 6.86. The van der Waals surface area contributed by atoms with Crippen molar-refractivity contribution < 1.29 is 4.39 Å². The molecule has 1 aliphatic rings. The lowest BCUT2D eigenvalue weighted by atomic mass is 10.0. The molecule has 1 aromatic carbocycles. The van der Waals surface area contributed by atoms with Gasteiger partial charge in [-0.05, 0) is 63.1 Å². The molecule has 0 saturated carbocycles. The molecule has 100 valence electrons. The van der Waals surface area contributed by atoms with E-state index >= 15 is 0 Å². The third-order valence-corrected chi connectivity index (χ3v) is 3.77. The lowest BCUT2D eigenvalue weighted by Gasteiger charge is -2.31. The van der Waals surface area contributed by atoms with Crippen LogP contribution in [0.2, 0.25) is 0 Å². The van der Waals surface area contributed by atoms with Crippen LogP contribution in [-0.2, 0) is 6.42 Å².